The summed E-state index contributed by atoms with van der Waals surface area (Å²) in [5, 5.41) is 1.02. The van der Waals surface area contributed by atoms with Crippen LogP contribution in [0.2, 0.25) is 0 Å². The number of hydrogen-bond donors (Lipinski definition) is 0. The molecule has 0 spiro atoms. The van der Waals surface area contributed by atoms with Crippen LogP contribution < -0.4 is 4.74 Å². The normalized spacial score (nSPS) is 15.2. The lowest BCUT2D eigenvalue weighted by molar-refractivity contribution is 0.0358. The highest BCUT2D eigenvalue weighted by atomic mass is 35.5. The Morgan fingerprint density at radius 2 is 1.76 bits per heavy atom. The lowest BCUT2D eigenvalue weighted by atomic mass is 10.2. The number of benzene rings is 2. The third-order valence-electron chi connectivity index (χ3n) is 4.48. The fourth-order valence-corrected chi connectivity index (χ4v) is 3.88. The van der Waals surface area contributed by atoms with Gasteiger partial charge in [0, 0.05) is 30.6 Å². The summed E-state index contributed by atoms with van der Waals surface area (Å²) in [6.07, 6.45) is 2.16. The lowest BCUT2D eigenvalue weighted by Gasteiger charge is -2.26. The summed E-state index contributed by atoms with van der Waals surface area (Å²) >= 11 is 0. The zero-order chi connectivity index (χ0) is 19.8. The largest absolute Gasteiger partial charge is 0.494 e. The first-order valence-electron chi connectivity index (χ1n) is 9.25. The van der Waals surface area contributed by atoms with Crippen LogP contribution in [0.5, 0.6) is 5.75 Å². The molecule has 0 unspecified atom stereocenters. The van der Waals surface area contributed by atoms with E-state index in [1.54, 1.807) is 24.3 Å². The fourth-order valence-electron chi connectivity index (χ4n) is 2.88. The maximum Gasteiger partial charge on any atom is 0.199 e. The summed E-state index contributed by atoms with van der Waals surface area (Å²) < 4.78 is 49.4. The topological polar surface area (TPSA) is 55.8 Å². The number of halogens is 2. The molecule has 3 rings (SSSR count). The highest BCUT2D eigenvalue weighted by molar-refractivity contribution is 7.94. The molecule has 8 heteroatoms. The van der Waals surface area contributed by atoms with Crippen molar-refractivity contribution in [2.45, 2.75) is 11.3 Å². The van der Waals surface area contributed by atoms with Gasteiger partial charge in [-0.1, -0.05) is 18.2 Å². The lowest BCUT2D eigenvalue weighted by Crippen LogP contribution is -2.37. The smallest absolute Gasteiger partial charge is 0.199 e. The van der Waals surface area contributed by atoms with Gasteiger partial charge in [-0.25, -0.2) is 12.8 Å². The molecule has 2 aromatic rings. The molecule has 0 radical (unpaired) electrons. The molecule has 158 valence electrons. The number of nitrogens with zero attached hydrogens (tertiary/aromatic N) is 1. The second-order valence-electron chi connectivity index (χ2n) is 6.50. The van der Waals surface area contributed by atoms with E-state index in [1.807, 2.05) is 0 Å². The van der Waals surface area contributed by atoms with Gasteiger partial charge in [0.15, 0.2) is 9.84 Å². The van der Waals surface area contributed by atoms with Crippen LogP contribution in [0.3, 0.4) is 0 Å². The molecule has 0 bridgehead atoms. The molecule has 29 heavy (non-hydrogen) atoms. The van der Waals surface area contributed by atoms with Crippen LogP contribution in [0.1, 0.15) is 12.0 Å². The first kappa shape index (κ1) is 23.3. The third-order valence-corrected chi connectivity index (χ3v) is 5.90. The molecule has 1 heterocycles. The molecule has 0 aromatic heterocycles. The van der Waals surface area contributed by atoms with Gasteiger partial charge < -0.3 is 9.47 Å². The van der Waals surface area contributed by atoms with Crippen molar-refractivity contribution in [2.24, 2.45) is 0 Å². The van der Waals surface area contributed by atoms with E-state index in [1.165, 1.54) is 30.3 Å². The Morgan fingerprint density at radius 3 is 2.45 bits per heavy atom. The van der Waals surface area contributed by atoms with E-state index in [0.29, 0.717) is 12.4 Å². The summed E-state index contributed by atoms with van der Waals surface area (Å²) in [5.41, 5.74) is 0.228. The molecule has 0 saturated carbocycles. The summed E-state index contributed by atoms with van der Waals surface area (Å²) in [4.78, 5) is 2.48. The Morgan fingerprint density at radius 1 is 1.07 bits per heavy atom. The quantitative estimate of drug-likeness (QED) is 0.583. The third kappa shape index (κ3) is 7.12. The van der Waals surface area contributed by atoms with Crippen molar-refractivity contribution >= 4 is 28.3 Å². The van der Waals surface area contributed by atoms with Gasteiger partial charge in [-0.15, -0.1) is 12.4 Å². The first-order valence-corrected chi connectivity index (χ1v) is 10.8. The van der Waals surface area contributed by atoms with Crippen molar-refractivity contribution in [3.05, 3.63) is 65.3 Å². The van der Waals surface area contributed by atoms with Crippen molar-refractivity contribution in [1.29, 1.82) is 0 Å². The van der Waals surface area contributed by atoms with Crippen LogP contribution in [0.4, 0.5) is 4.39 Å². The van der Waals surface area contributed by atoms with E-state index in [-0.39, 0.29) is 22.9 Å². The second-order valence-corrected chi connectivity index (χ2v) is 8.33. The molecule has 1 saturated heterocycles. The maximum atomic E-state index is 13.6. The van der Waals surface area contributed by atoms with E-state index < -0.39 is 15.7 Å². The predicted molar refractivity (Wildman–Crippen MR) is 114 cm³/mol. The van der Waals surface area contributed by atoms with Crippen LogP contribution >= 0.6 is 12.4 Å². The Hall–Kier alpha value is -1.93. The van der Waals surface area contributed by atoms with Gasteiger partial charge in [-0.3, -0.25) is 4.90 Å². The molecule has 0 N–H and O–H groups in total. The van der Waals surface area contributed by atoms with E-state index in [4.69, 9.17) is 9.47 Å². The van der Waals surface area contributed by atoms with Gasteiger partial charge in [0.1, 0.15) is 11.6 Å². The molecular formula is C21H25ClFNO4S. The summed E-state index contributed by atoms with van der Waals surface area (Å²) in [7, 11) is -3.65. The molecule has 1 aliphatic heterocycles. The van der Waals surface area contributed by atoms with Gasteiger partial charge in [0.2, 0.25) is 0 Å². The SMILES string of the molecule is Cl.O=S(=O)(/C=C/c1ccccc1F)c1ccc(OCCCN2CCOCC2)cc1. The van der Waals surface area contributed by atoms with E-state index in [0.717, 1.165) is 44.7 Å². The zero-order valence-corrected chi connectivity index (χ0v) is 17.6. The van der Waals surface area contributed by atoms with E-state index in [9.17, 15) is 12.8 Å². The predicted octanol–water partition coefficient (Wildman–Crippen LogP) is 3.79. The Labute approximate surface area is 177 Å². The molecule has 0 atom stereocenters. The van der Waals surface area contributed by atoms with E-state index in [2.05, 4.69) is 4.90 Å². The van der Waals surface area contributed by atoms with Crippen LogP contribution in [0.25, 0.3) is 6.08 Å². The Kier molecular flexibility index (Phi) is 9.10. The van der Waals surface area contributed by atoms with Crippen molar-refractivity contribution in [2.75, 3.05) is 39.5 Å². The van der Waals surface area contributed by atoms with Gasteiger partial charge in [-0.05, 0) is 42.8 Å². The maximum absolute atomic E-state index is 13.6. The molecule has 0 amide bonds. The molecule has 2 aromatic carbocycles. The van der Waals surface area contributed by atoms with Crippen LogP contribution in [0, 0.1) is 5.82 Å². The van der Waals surface area contributed by atoms with Crippen molar-refractivity contribution in [3.63, 3.8) is 0 Å². The Balaban J connectivity index is 0.00000300. The average Bonchev–Trinajstić information content (AvgIpc) is 2.72. The van der Waals surface area contributed by atoms with Crippen molar-refractivity contribution in [3.8, 4) is 5.75 Å². The van der Waals surface area contributed by atoms with Crippen LogP contribution in [-0.4, -0.2) is 52.8 Å². The highest BCUT2D eigenvalue weighted by Gasteiger charge is 2.12. The minimum absolute atomic E-state index is 0. The standard InChI is InChI=1S/C21H24FNO4S.ClH/c22-21-5-2-1-4-18(21)10-17-28(24,25)20-8-6-19(7-9-20)27-14-3-11-23-12-15-26-16-13-23;/h1-2,4-10,17H,3,11-16H2;1H/b17-10+;. The first-order chi connectivity index (χ1) is 13.5. The molecule has 1 fully saturated rings. The number of hydrogen-bond acceptors (Lipinski definition) is 5. The molecule has 5 nitrogen and oxygen atoms in total. The van der Waals surface area contributed by atoms with Gasteiger partial charge in [0.05, 0.1) is 24.7 Å². The summed E-state index contributed by atoms with van der Waals surface area (Å²) in [6.45, 7) is 4.98. The van der Waals surface area contributed by atoms with Crippen molar-refractivity contribution in [1.82, 2.24) is 4.90 Å². The van der Waals surface area contributed by atoms with Crippen LogP contribution in [-0.2, 0) is 14.6 Å². The number of morpholine rings is 1. The van der Waals surface area contributed by atoms with Gasteiger partial charge in [0.25, 0.3) is 0 Å². The number of ether oxygens (including phenoxy) is 2. The minimum atomic E-state index is -3.65. The highest BCUT2D eigenvalue weighted by Crippen LogP contribution is 2.19. The second kappa shape index (κ2) is 11.3. The summed E-state index contributed by atoms with van der Waals surface area (Å²) in [6, 6.07) is 12.3. The van der Waals surface area contributed by atoms with Crippen molar-refractivity contribution < 1.29 is 22.3 Å². The van der Waals surface area contributed by atoms with Crippen LogP contribution in [0.15, 0.2) is 58.8 Å². The zero-order valence-electron chi connectivity index (χ0n) is 16.0. The van der Waals surface area contributed by atoms with Gasteiger partial charge >= 0.3 is 0 Å². The minimum Gasteiger partial charge on any atom is -0.494 e. The Bertz CT molecular complexity index is 897. The molecular weight excluding hydrogens is 417 g/mol. The average molecular weight is 442 g/mol. The fraction of sp³-hybridized carbons (Fsp3) is 0.333. The summed E-state index contributed by atoms with van der Waals surface area (Å²) in [5.74, 6) is 0.161. The van der Waals surface area contributed by atoms with E-state index >= 15 is 0 Å². The molecule has 0 aliphatic carbocycles. The van der Waals surface area contributed by atoms with Gasteiger partial charge in [-0.2, -0.15) is 0 Å². The molecule has 1 aliphatic rings. The monoisotopic (exact) mass is 441 g/mol. The number of rotatable bonds is 8. The number of sulfone groups is 1.